The summed E-state index contributed by atoms with van der Waals surface area (Å²) < 4.78 is 0. The van der Waals surface area contributed by atoms with Gasteiger partial charge in [-0.05, 0) is 36.1 Å². The number of aliphatic hydroxyl groups is 1. The summed E-state index contributed by atoms with van der Waals surface area (Å²) in [5, 5.41) is 12.0. The Balaban J connectivity index is 1.47. The minimum atomic E-state index is -0.665. The number of aryl methyl sites for hydroxylation is 1. The molecule has 5 heteroatoms. The van der Waals surface area contributed by atoms with Gasteiger partial charge >= 0.3 is 0 Å². The van der Waals surface area contributed by atoms with E-state index >= 15 is 0 Å². The van der Waals surface area contributed by atoms with E-state index in [0.717, 1.165) is 29.7 Å². The average Bonchev–Trinajstić information content (AvgIpc) is 2.74. The third kappa shape index (κ3) is 5.97. The van der Waals surface area contributed by atoms with Gasteiger partial charge in [-0.2, -0.15) is 0 Å². The third-order valence-electron chi connectivity index (χ3n) is 4.83. The van der Waals surface area contributed by atoms with Crippen molar-refractivity contribution < 1.29 is 5.11 Å². The molecule has 1 aromatic heterocycles. The second kappa shape index (κ2) is 10.1. The van der Waals surface area contributed by atoms with Gasteiger partial charge in [-0.15, -0.1) is 0 Å². The summed E-state index contributed by atoms with van der Waals surface area (Å²) in [6.45, 7) is 0.878. The summed E-state index contributed by atoms with van der Waals surface area (Å²) in [5.41, 5.74) is 10.5. The van der Waals surface area contributed by atoms with Gasteiger partial charge in [0.05, 0.1) is 11.8 Å². The Kier molecular flexibility index (Phi) is 7.28. The van der Waals surface area contributed by atoms with E-state index in [4.69, 9.17) is 11.6 Å². The second-order valence-corrected chi connectivity index (χ2v) is 7.10. The van der Waals surface area contributed by atoms with Crippen LogP contribution >= 0.6 is 0 Å². The smallest absolute Gasteiger partial charge is 0.0831 e. The topological polar surface area (TPSA) is 88.4 Å². The van der Waals surface area contributed by atoms with Crippen molar-refractivity contribution in [2.24, 2.45) is 11.6 Å². The van der Waals surface area contributed by atoms with Crippen LogP contribution in [0.3, 0.4) is 0 Å². The summed E-state index contributed by atoms with van der Waals surface area (Å²) >= 11 is 0. The van der Waals surface area contributed by atoms with Crippen LogP contribution in [0, 0.1) is 0 Å². The number of hydrogen-bond acceptors (Lipinski definition) is 5. The highest BCUT2D eigenvalue weighted by atomic mass is 16.3. The minimum Gasteiger partial charge on any atom is -0.390 e. The van der Waals surface area contributed by atoms with Crippen LogP contribution in [0.5, 0.6) is 0 Å². The first-order valence-corrected chi connectivity index (χ1v) is 9.59. The van der Waals surface area contributed by atoms with E-state index in [2.05, 4.69) is 17.1 Å². The number of hydrogen-bond donors (Lipinski definition) is 3. The standard InChI is InChI=1S/C23H28N4O/c24-21(14-11-18-6-2-1-3-7-18)23(28)17-27(25)16-19-9-12-20(13-10-19)22-8-4-5-15-26-22/h1-10,12-13,15,21,23,28H,11,14,16-17,24-25H2. The Morgan fingerprint density at radius 2 is 1.61 bits per heavy atom. The van der Waals surface area contributed by atoms with E-state index in [1.54, 1.807) is 11.2 Å². The van der Waals surface area contributed by atoms with Crippen molar-refractivity contribution in [1.82, 2.24) is 9.99 Å². The van der Waals surface area contributed by atoms with Crippen molar-refractivity contribution >= 4 is 0 Å². The number of rotatable bonds is 9. The van der Waals surface area contributed by atoms with Gasteiger partial charge in [0.1, 0.15) is 0 Å². The average molecular weight is 377 g/mol. The zero-order chi connectivity index (χ0) is 19.8. The van der Waals surface area contributed by atoms with E-state index in [1.165, 1.54) is 5.56 Å². The number of hydrazine groups is 1. The lowest BCUT2D eigenvalue weighted by atomic mass is 10.0. The Morgan fingerprint density at radius 3 is 2.29 bits per heavy atom. The lowest BCUT2D eigenvalue weighted by Crippen LogP contribution is -2.46. The molecule has 0 radical (unpaired) electrons. The van der Waals surface area contributed by atoms with Crippen LogP contribution in [0.1, 0.15) is 17.5 Å². The molecule has 0 bridgehead atoms. The number of nitrogens with two attached hydrogens (primary N) is 2. The third-order valence-corrected chi connectivity index (χ3v) is 4.83. The van der Waals surface area contributed by atoms with E-state index in [-0.39, 0.29) is 6.04 Å². The van der Waals surface area contributed by atoms with Gasteiger partial charge in [-0.3, -0.25) is 10.8 Å². The summed E-state index contributed by atoms with van der Waals surface area (Å²) in [4.78, 5) is 4.36. The molecule has 0 amide bonds. The summed E-state index contributed by atoms with van der Waals surface area (Å²) in [6, 6.07) is 23.9. The molecule has 3 aromatic rings. The maximum atomic E-state index is 10.4. The minimum absolute atomic E-state index is 0.308. The van der Waals surface area contributed by atoms with Crippen LogP contribution in [0.25, 0.3) is 11.3 Å². The molecular weight excluding hydrogens is 348 g/mol. The van der Waals surface area contributed by atoms with Gasteiger partial charge in [0.15, 0.2) is 0 Å². The lowest BCUT2D eigenvalue weighted by Gasteiger charge is -2.24. The summed E-state index contributed by atoms with van der Waals surface area (Å²) in [5.74, 6) is 6.11. The maximum absolute atomic E-state index is 10.4. The SMILES string of the molecule is NC(CCc1ccccc1)C(O)CN(N)Cc1ccc(-c2ccccn2)cc1. The molecule has 0 fully saturated rings. The van der Waals surface area contributed by atoms with Crippen molar-refractivity contribution in [3.63, 3.8) is 0 Å². The van der Waals surface area contributed by atoms with Crippen LogP contribution in [0.2, 0.25) is 0 Å². The zero-order valence-corrected chi connectivity index (χ0v) is 16.0. The van der Waals surface area contributed by atoms with Gasteiger partial charge in [-0.25, -0.2) is 5.01 Å². The van der Waals surface area contributed by atoms with Gasteiger partial charge in [-0.1, -0.05) is 60.7 Å². The first kappa shape index (κ1) is 20.2. The molecule has 0 saturated heterocycles. The molecule has 5 nitrogen and oxygen atoms in total. The molecule has 0 aliphatic carbocycles. The lowest BCUT2D eigenvalue weighted by molar-refractivity contribution is 0.0853. The largest absolute Gasteiger partial charge is 0.390 e. The molecule has 5 N–H and O–H groups in total. The van der Waals surface area contributed by atoms with Crippen molar-refractivity contribution in [2.75, 3.05) is 6.54 Å². The highest BCUT2D eigenvalue weighted by molar-refractivity contribution is 5.58. The van der Waals surface area contributed by atoms with Crippen LogP contribution in [0.4, 0.5) is 0 Å². The monoisotopic (exact) mass is 376 g/mol. The highest BCUT2D eigenvalue weighted by Crippen LogP contribution is 2.17. The molecule has 0 saturated carbocycles. The molecule has 0 aliphatic heterocycles. The fraction of sp³-hybridized carbons (Fsp3) is 0.261. The highest BCUT2D eigenvalue weighted by Gasteiger charge is 2.17. The van der Waals surface area contributed by atoms with Crippen molar-refractivity contribution in [1.29, 1.82) is 0 Å². The van der Waals surface area contributed by atoms with Crippen LogP contribution < -0.4 is 11.6 Å². The normalized spacial score (nSPS) is 13.4. The van der Waals surface area contributed by atoms with Gasteiger partial charge in [0, 0.05) is 30.9 Å². The predicted molar refractivity (Wildman–Crippen MR) is 113 cm³/mol. The Labute approximate surface area is 166 Å². The molecule has 146 valence electrons. The summed E-state index contributed by atoms with van der Waals surface area (Å²) in [7, 11) is 0. The number of aliphatic hydroxyl groups excluding tert-OH is 1. The van der Waals surface area contributed by atoms with Crippen molar-refractivity contribution in [3.05, 3.63) is 90.1 Å². The van der Waals surface area contributed by atoms with Crippen LogP contribution in [-0.4, -0.2) is 33.8 Å². The first-order valence-electron chi connectivity index (χ1n) is 9.59. The van der Waals surface area contributed by atoms with E-state index in [0.29, 0.717) is 13.1 Å². The number of pyridine rings is 1. The van der Waals surface area contributed by atoms with Crippen molar-refractivity contribution in [2.45, 2.75) is 31.5 Å². The first-order chi connectivity index (χ1) is 13.6. The maximum Gasteiger partial charge on any atom is 0.0831 e. The van der Waals surface area contributed by atoms with Gasteiger partial charge in [0.2, 0.25) is 0 Å². The fourth-order valence-electron chi connectivity index (χ4n) is 3.16. The molecule has 2 unspecified atom stereocenters. The van der Waals surface area contributed by atoms with Gasteiger partial charge < -0.3 is 10.8 Å². The number of benzene rings is 2. The Hall–Kier alpha value is -2.57. The molecule has 2 atom stereocenters. The van der Waals surface area contributed by atoms with Gasteiger partial charge in [0.25, 0.3) is 0 Å². The molecule has 1 heterocycles. The molecule has 3 rings (SSSR count). The van der Waals surface area contributed by atoms with Crippen LogP contribution in [-0.2, 0) is 13.0 Å². The zero-order valence-electron chi connectivity index (χ0n) is 16.0. The number of aromatic nitrogens is 1. The molecular formula is C23H28N4O. The van der Waals surface area contributed by atoms with Crippen molar-refractivity contribution in [3.8, 4) is 11.3 Å². The van der Waals surface area contributed by atoms with E-state index in [1.807, 2.05) is 60.7 Å². The molecule has 28 heavy (non-hydrogen) atoms. The fourth-order valence-corrected chi connectivity index (χ4v) is 3.16. The summed E-state index contributed by atoms with van der Waals surface area (Å²) in [6.07, 6.45) is 2.69. The predicted octanol–water partition coefficient (Wildman–Crippen LogP) is 2.75. The molecule has 0 aliphatic rings. The number of nitrogens with zero attached hydrogens (tertiary/aromatic N) is 2. The Morgan fingerprint density at radius 1 is 0.893 bits per heavy atom. The van der Waals surface area contributed by atoms with Crippen LogP contribution in [0.15, 0.2) is 79.0 Å². The van der Waals surface area contributed by atoms with E-state index < -0.39 is 6.10 Å². The van der Waals surface area contributed by atoms with E-state index in [9.17, 15) is 5.11 Å². The molecule has 2 aromatic carbocycles. The second-order valence-electron chi connectivity index (χ2n) is 7.10. The quantitative estimate of drug-likeness (QED) is 0.395. The Bertz CT molecular complexity index is 824. The molecule has 0 spiro atoms.